The third kappa shape index (κ3) is 5.90. The normalized spacial score (nSPS) is 13.8. The Bertz CT molecular complexity index is 920. The Hall–Kier alpha value is -3.22. The number of hydrogen-bond donors (Lipinski definition) is 0. The van der Waals surface area contributed by atoms with Crippen LogP contribution in [0.25, 0.3) is 0 Å². The van der Waals surface area contributed by atoms with Crippen LogP contribution in [0.5, 0.6) is 0 Å². The second-order valence-corrected chi connectivity index (χ2v) is 7.69. The summed E-state index contributed by atoms with van der Waals surface area (Å²) in [5.74, 6) is -0.274. The van der Waals surface area contributed by atoms with Crippen LogP contribution in [-0.2, 0) is 27.3 Å². The largest absolute Gasteiger partial charge is 0.339 e. The smallest absolute Gasteiger partial charge is 0.227 e. The molecule has 1 aliphatic heterocycles. The number of amides is 3. The zero-order valence-electron chi connectivity index (χ0n) is 18.0. The molecule has 1 fully saturated rings. The van der Waals surface area contributed by atoms with Gasteiger partial charge in [0.2, 0.25) is 17.7 Å². The van der Waals surface area contributed by atoms with E-state index in [1.54, 1.807) is 40.7 Å². The molecule has 0 atom stereocenters. The van der Waals surface area contributed by atoms with Gasteiger partial charge in [0, 0.05) is 45.2 Å². The van der Waals surface area contributed by atoms with Crippen LogP contribution in [0.3, 0.4) is 0 Å². The number of anilines is 1. The summed E-state index contributed by atoms with van der Waals surface area (Å²) in [6.45, 7) is 5.93. The summed E-state index contributed by atoms with van der Waals surface area (Å²) in [7, 11) is 0. The first-order valence-corrected chi connectivity index (χ1v) is 10.5. The maximum Gasteiger partial charge on any atom is 0.227 e. The van der Waals surface area contributed by atoms with Crippen molar-refractivity contribution in [3.05, 3.63) is 65.5 Å². The highest BCUT2D eigenvalue weighted by atomic mass is 19.1. The van der Waals surface area contributed by atoms with E-state index in [-0.39, 0.29) is 30.0 Å². The number of carbonyl (C=O) groups is 3. The van der Waals surface area contributed by atoms with E-state index in [1.807, 2.05) is 24.3 Å². The van der Waals surface area contributed by atoms with Crippen LogP contribution in [-0.4, -0.2) is 53.7 Å². The molecule has 3 amide bonds. The number of rotatable bonds is 6. The molecule has 164 valence electrons. The third-order valence-electron chi connectivity index (χ3n) is 5.54. The van der Waals surface area contributed by atoms with Gasteiger partial charge in [-0.3, -0.25) is 14.4 Å². The Balaban J connectivity index is 1.64. The fourth-order valence-corrected chi connectivity index (χ4v) is 3.64. The van der Waals surface area contributed by atoms with Crippen molar-refractivity contribution in [1.82, 2.24) is 9.80 Å². The first-order valence-electron chi connectivity index (χ1n) is 10.5. The Morgan fingerprint density at radius 2 is 1.42 bits per heavy atom. The van der Waals surface area contributed by atoms with Crippen molar-refractivity contribution in [3.8, 4) is 0 Å². The molecule has 6 nitrogen and oxygen atoms in total. The van der Waals surface area contributed by atoms with Crippen molar-refractivity contribution in [1.29, 1.82) is 0 Å². The van der Waals surface area contributed by atoms with Crippen LogP contribution in [0.15, 0.2) is 48.5 Å². The van der Waals surface area contributed by atoms with Crippen LogP contribution in [0, 0.1) is 5.82 Å². The Kier molecular flexibility index (Phi) is 7.39. The van der Waals surface area contributed by atoms with E-state index in [4.69, 9.17) is 0 Å². The second kappa shape index (κ2) is 10.2. The van der Waals surface area contributed by atoms with E-state index in [9.17, 15) is 18.8 Å². The van der Waals surface area contributed by atoms with Gasteiger partial charge in [0.25, 0.3) is 0 Å². The highest BCUT2D eigenvalue weighted by molar-refractivity contribution is 5.93. The Morgan fingerprint density at radius 1 is 0.871 bits per heavy atom. The van der Waals surface area contributed by atoms with Gasteiger partial charge in [-0.1, -0.05) is 31.2 Å². The molecule has 7 heteroatoms. The number of piperazine rings is 1. The maximum absolute atomic E-state index is 13.2. The molecule has 0 aromatic heterocycles. The molecule has 2 aromatic rings. The SMILES string of the molecule is CCC(=O)N(Cc1ccc(F)cc1)c1ccc(CC(=O)N2CCN(C(C)=O)CC2)cc1. The topological polar surface area (TPSA) is 60.9 Å². The van der Waals surface area contributed by atoms with E-state index < -0.39 is 0 Å². The van der Waals surface area contributed by atoms with Crippen LogP contribution >= 0.6 is 0 Å². The van der Waals surface area contributed by atoms with Gasteiger partial charge in [0.15, 0.2) is 0 Å². The molecular formula is C24H28FN3O3. The first kappa shape index (κ1) is 22.5. The fourth-order valence-electron chi connectivity index (χ4n) is 3.64. The van der Waals surface area contributed by atoms with Crippen LogP contribution in [0.1, 0.15) is 31.4 Å². The highest BCUT2D eigenvalue weighted by Crippen LogP contribution is 2.20. The minimum atomic E-state index is -0.311. The molecule has 0 aliphatic carbocycles. The van der Waals surface area contributed by atoms with Gasteiger partial charge in [0.05, 0.1) is 13.0 Å². The minimum Gasteiger partial charge on any atom is -0.339 e. The van der Waals surface area contributed by atoms with Crippen molar-refractivity contribution >= 4 is 23.4 Å². The third-order valence-corrected chi connectivity index (χ3v) is 5.54. The molecule has 1 aliphatic rings. The van der Waals surface area contributed by atoms with Gasteiger partial charge < -0.3 is 14.7 Å². The molecule has 0 N–H and O–H groups in total. The van der Waals surface area contributed by atoms with Crippen molar-refractivity contribution in [3.63, 3.8) is 0 Å². The highest BCUT2D eigenvalue weighted by Gasteiger charge is 2.22. The molecule has 1 saturated heterocycles. The van der Waals surface area contributed by atoms with E-state index in [2.05, 4.69) is 0 Å². The second-order valence-electron chi connectivity index (χ2n) is 7.69. The number of carbonyl (C=O) groups excluding carboxylic acids is 3. The minimum absolute atomic E-state index is 0.0310. The predicted molar refractivity (Wildman–Crippen MR) is 117 cm³/mol. The van der Waals surface area contributed by atoms with Crippen LogP contribution in [0.4, 0.5) is 10.1 Å². The number of benzene rings is 2. The molecule has 0 bridgehead atoms. The number of halogens is 1. The molecule has 31 heavy (non-hydrogen) atoms. The predicted octanol–water partition coefficient (Wildman–Crippen LogP) is 3.00. The number of hydrogen-bond acceptors (Lipinski definition) is 3. The summed E-state index contributed by atoms with van der Waals surface area (Å²) in [5.41, 5.74) is 2.45. The van der Waals surface area contributed by atoms with Gasteiger partial charge >= 0.3 is 0 Å². The molecule has 3 rings (SSSR count). The van der Waals surface area contributed by atoms with E-state index >= 15 is 0 Å². The van der Waals surface area contributed by atoms with Crippen molar-refractivity contribution in [2.75, 3.05) is 31.1 Å². The van der Waals surface area contributed by atoms with E-state index in [0.29, 0.717) is 39.1 Å². The molecule has 0 spiro atoms. The molecule has 0 radical (unpaired) electrons. The lowest BCUT2D eigenvalue weighted by Crippen LogP contribution is -2.50. The quantitative estimate of drug-likeness (QED) is 0.715. The lowest BCUT2D eigenvalue weighted by atomic mass is 10.1. The van der Waals surface area contributed by atoms with Crippen molar-refractivity contribution < 1.29 is 18.8 Å². The zero-order valence-corrected chi connectivity index (χ0v) is 18.0. The summed E-state index contributed by atoms with van der Waals surface area (Å²) in [5, 5.41) is 0. The monoisotopic (exact) mass is 425 g/mol. The molecule has 0 unspecified atom stereocenters. The van der Waals surface area contributed by atoms with E-state index in [1.165, 1.54) is 12.1 Å². The van der Waals surface area contributed by atoms with Crippen LogP contribution in [0.2, 0.25) is 0 Å². The maximum atomic E-state index is 13.2. The van der Waals surface area contributed by atoms with E-state index in [0.717, 1.165) is 16.8 Å². The lowest BCUT2D eigenvalue weighted by Gasteiger charge is -2.34. The average Bonchev–Trinajstić information content (AvgIpc) is 2.79. The first-order chi connectivity index (χ1) is 14.9. The molecule has 1 heterocycles. The fraction of sp³-hybridized carbons (Fsp3) is 0.375. The molecule has 2 aromatic carbocycles. The van der Waals surface area contributed by atoms with Crippen molar-refractivity contribution in [2.45, 2.75) is 33.2 Å². The van der Waals surface area contributed by atoms with Gasteiger partial charge in [-0.2, -0.15) is 0 Å². The molecular weight excluding hydrogens is 397 g/mol. The lowest BCUT2D eigenvalue weighted by molar-refractivity contribution is -0.138. The van der Waals surface area contributed by atoms with Gasteiger partial charge in [0.1, 0.15) is 5.82 Å². The van der Waals surface area contributed by atoms with Crippen molar-refractivity contribution in [2.24, 2.45) is 0 Å². The Labute approximate surface area is 182 Å². The van der Waals surface area contributed by atoms with Gasteiger partial charge in [-0.05, 0) is 35.4 Å². The summed E-state index contributed by atoms with van der Waals surface area (Å²) < 4.78 is 13.2. The standard InChI is InChI=1S/C24H28FN3O3/c1-3-23(30)28(17-20-4-8-21(25)9-5-20)22-10-6-19(7-11-22)16-24(31)27-14-12-26(13-15-27)18(2)29/h4-11H,3,12-17H2,1-2H3. The number of nitrogens with zero attached hydrogens (tertiary/aromatic N) is 3. The van der Waals surface area contributed by atoms with Gasteiger partial charge in [-0.25, -0.2) is 4.39 Å². The summed E-state index contributed by atoms with van der Waals surface area (Å²) >= 11 is 0. The Morgan fingerprint density at radius 3 is 1.97 bits per heavy atom. The summed E-state index contributed by atoms with van der Waals surface area (Å²) in [6.07, 6.45) is 0.633. The van der Waals surface area contributed by atoms with Crippen LogP contribution < -0.4 is 4.90 Å². The summed E-state index contributed by atoms with van der Waals surface area (Å²) in [6, 6.07) is 13.5. The zero-order chi connectivity index (χ0) is 22.4. The average molecular weight is 426 g/mol. The van der Waals surface area contributed by atoms with Gasteiger partial charge in [-0.15, -0.1) is 0 Å². The molecule has 0 saturated carbocycles. The summed E-state index contributed by atoms with van der Waals surface area (Å²) in [4.78, 5) is 41.7.